The summed E-state index contributed by atoms with van der Waals surface area (Å²) in [7, 11) is 0. The molecule has 0 unspecified atom stereocenters. The second kappa shape index (κ2) is 6.73. The van der Waals surface area contributed by atoms with Crippen LogP contribution in [0.3, 0.4) is 0 Å². The van der Waals surface area contributed by atoms with Gasteiger partial charge >= 0.3 is 0 Å². The maximum atomic E-state index is 5.39. The molecule has 0 aliphatic carbocycles. The number of anilines is 2. The van der Waals surface area contributed by atoms with Gasteiger partial charge in [-0.05, 0) is 38.2 Å². The average Bonchev–Trinajstić information content (AvgIpc) is 2.39. The Morgan fingerprint density at radius 1 is 1.26 bits per heavy atom. The van der Waals surface area contributed by atoms with Gasteiger partial charge in [-0.25, -0.2) is 0 Å². The number of rotatable bonds is 3. The third-order valence-corrected chi connectivity index (χ3v) is 3.14. The Labute approximate surface area is 120 Å². The molecule has 1 aliphatic heterocycles. The van der Waals surface area contributed by atoms with Crippen LogP contribution in [0, 0.1) is 0 Å². The first-order valence-corrected chi connectivity index (χ1v) is 7.07. The molecule has 1 heterocycles. The zero-order valence-electron chi connectivity index (χ0n) is 11.5. The number of benzene rings is 1. The molecule has 0 spiro atoms. The number of para-hydroxylation sites is 2. The SMILES string of the molecule is CC(C)NC(=S)Nc1ccccc1N1CCOCC1. The van der Waals surface area contributed by atoms with Gasteiger partial charge in [0.2, 0.25) is 0 Å². The number of nitrogens with zero attached hydrogens (tertiary/aromatic N) is 1. The van der Waals surface area contributed by atoms with E-state index in [-0.39, 0.29) is 0 Å². The van der Waals surface area contributed by atoms with E-state index < -0.39 is 0 Å². The monoisotopic (exact) mass is 279 g/mol. The summed E-state index contributed by atoms with van der Waals surface area (Å²) in [5.41, 5.74) is 2.22. The van der Waals surface area contributed by atoms with Crippen molar-refractivity contribution in [2.75, 3.05) is 36.5 Å². The Kier molecular flexibility index (Phi) is 4.99. The molecule has 0 aromatic heterocycles. The minimum Gasteiger partial charge on any atom is -0.378 e. The van der Waals surface area contributed by atoms with Gasteiger partial charge in [-0.1, -0.05) is 12.1 Å². The van der Waals surface area contributed by atoms with Crippen LogP contribution in [0.1, 0.15) is 13.8 Å². The molecular weight excluding hydrogens is 258 g/mol. The van der Waals surface area contributed by atoms with Crippen molar-refractivity contribution in [3.63, 3.8) is 0 Å². The molecular formula is C14H21N3OS. The molecule has 104 valence electrons. The van der Waals surface area contributed by atoms with E-state index in [9.17, 15) is 0 Å². The molecule has 0 radical (unpaired) electrons. The summed E-state index contributed by atoms with van der Waals surface area (Å²) in [6, 6.07) is 8.57. The Hall–Kier alpha value is -1.33. The Bertz CT molecular complexity index is 430. The molecule has 19 heavy (non-hydrogen) atoms. The maximum Gasteiger partial charge on any atom is 0.171 e. The topological polar surface area (TPSA) is 36.5 Å². The summed E-state index contributed by atoms with van der Waals surface area (Å²) < 4.78 is 5.39. The quantitative estimate of drug-likeness (QED) is 0.830. The van der Waals surface area contributed by atoms with Crippen LogP contribution >= 0.6 is 12.2 Å². The van der Waals surface area contributed by atoms with Crippen molar-refractivity contribution in [1.29, 1.82) is 0 Å². The fourth-order valence-corrected chi connectivity index (χ4v) is 2.43. The predicted molar refractivity (Wildman–Crippen MR) is 84.0 cm³/mol. The Morgan fingerprint density at radius 3 is 2.63 bits per heavy atom. The molecule has 0 saturated carbocycles. The highest BCUT2D eigenvalue weighted by Gasteiger charge is 2.14. The summed E-state index contributed by atoms with van der Waals surface area (Å²) in [4.78, 5) is 2.32. The molecule has 1 aromatic rings. The first-order valence-electron chi connectivity index (χ1n) is 6.66. The highest BCUT2D eigenvalue weighted by atomic mass is 32.1. The van der Waals surface area contributed by atoms with E-state index in [1.807, 2.05) is 6.07 Å². The van der Waals surface area contributed by atoms with Gasteiger partial charge in [0.25, 0.3) is 0 Å². The number of hydrogen-bond acceptors (Lipinski definition) is 3. The lowest BCUT2D eigenvalue weighted by atomic mass is 10.2. The largest absolute Gasteiger partial charge is 0.378 e. The van der Waals surface area contributed by atoms with Crippen molar-refractivity contribution in [1.82, 2.24) is 5.32 Å². The zero-order valence-corrected chi connectivity index (χ0v) is 12.3. The van der Waals surface area contributed by atoms with E-state index in [2.05, 4.69) is 47.6 Å². The minimum atomic E-state index is 0.329. The van der Waals surface area contributed by atoms with Gasteiger partial charge in [0.1, 0.15) is 0 Å². The van der Waals surface area contributed by atoms with Crippen LogP contribution in [0.2, 0.25) is 0 Å². The number of ether oxygens (including phenoxy) is 1. The van der Waals surface area contributed by atoms with Crippen LogP contribution in [0.5, 0.6) is 0 Å². The van der Waals surface area contributed by atoms with E-state index in [1.54, 1.807) is 0 Å². The van der Waals surface area contributed by atoms with Gasteiger partial charge in [-0.2, -0.15) is 0 Å². The summed E-state index contributed by atoms with van der Waals surface area (Å²) in [5, 5.41) is 7.14. The average molecular weight is 279 g/mol. The highest BCUT2D eigenvalue weighted by Crippen LogP contribution is 2.26. The molecule has 0 bridgehead atoms. The van der Waals surface area contributed by atoms with E-state index in [0.29, 0.717) is 11.2 Å². The molecule has 2 N–H and O–H groups in total. The fraction of sp³-hybridized carbons (Fsp3) is 0.500. The highest BCUT2D eigenvalue weighted by molar-refractivity contribution is 7.80. The Balaban J connectivity index is 2.09. The van der Waals surface area contributed by atoms with Crippen molar-refractivity contribution in [3.8, 4) is 0 Å². The normalized spacial score (nSPS) is 15.4. The van der Waals surface area contributed by atoms with Gasteiger partial charge in [0, 0.05) is 19.1 Å². The van der Waals surface area contributed by atoms with Crippen LogP contribution in [0.4, 0.5) is 11.4 Å². The van der Waals surface area contributed by atoms with E-state index in [4.69, 9.17) is 17.0 Å². The fourth-order valence-electron chi connectivity index (χ4n) is 2.08. The van der Waals surface area contributed by atoms with Gasteiger partial charge in [0.05, 0.1) is 24.6 Å². The third-order valence-electron chi connectivity index (χ3n) is 2.92. The first-order chi connectivity index (χ1) is 9.16. The maximum absolute atomic E-state index is 5.39. The third kappa shape index (κ3) is 4.08. The molecule has 0 amide bonds. The van der Waals surface area contributed by atoms with Crippen molar-refractivity contribution >= 4 is 28.7 Å². The predicted octanol–water partition coefficient (Wildman–Crippen LogP) is 2.22. The second-order valence-corrected chi connectivity index (χ2v) is 5.28. The van der Waals surface area contributed by atoms with Gasteiger partial charge < -0.3 is 20.3 Å². The summed E-state index contributed by atoms with van der Waals surface area (Å²) in [6.45, 7) is 7.54. The summed E-state index contributed by atoms with van der Waals surface area (Å²) >= 11 is 5.31. The molecule has 1 aliphatic rings. The Morgan fingerprint density at radius 2 is 1.95 bits per heavy atom. The van der Waals surface area contributed by atoms with Gasteiger partial charge in [-0.15, -0.1) is 0 Å². The standard InChI is InChI=1S/C14H21N3OS/c1-11(2)15-14(19)16-12-5-3-4-6-13(12)17-7-9-18-10-8-17/h3-6,11H,7-10H2,1-2H3,(H2,15,16,19). The first kappa shape index (κ1) is 14.1. The van der Waals surface area contributed by atoms with Crippen LogP contribution < -0.4 is 15.5 Å². The van der Waals surface area contributed by atoms with Crippen molar-refractivity contribution in [3.05, 3.63) is 24.3 Å². The summed E-state index contributed by atoms with van der Waals surface area (Å²) in [5.74, 6) is 0. The van der Waals surface area contributed by atoms with E-state index in [0.717, 1.165) is 32.0 Å². The van der Waals surface area contributed by atoms with Crippen LogP contribution in [-0.2, 0) is 4.74 Å². The molecule has 2 rings (SSSR count). The van der Waals surface area contributed by atoms with Gasteiger partial charge in [-0.3, -0.25) is 0 Å². The number of nitrogens with one attached hydrogen (secondary N) is 2. The second-order valence-electron chi connectivity index (χ2n) is 4.87. The number of thiocarbonyl (C=S) groups is 1. The van der Waals surface area contributed by atoms with E-state index in [1.165, 1.54) is 5.69 Å². The minimum absolute atomic E-state index is 0.329. The molecule has 1 saturated heterocycles. The van der Waals surface area contributed by atoms with Crippen molar-refractivity contribution in [2.24, 2.45) is 0 Å². The van der Waals surface area contributed by atoms with Crippen molar-refractivity contribution in [2.45, 2.75) is 19.9 Å². The smallest absolute Gasteiger partial charge is 0.171 e. The lowest BCUT2D eigenvalue weighted by Crippen LogP contribution is -2.38. The van der Waals surface area contributed by atoms with Crippen LogP contribution in [0.15, 0.2) is 24.3 Å². The molecule has 1 aromatic carbocycles. The molecule has 5 heteroatoms. The lowest BCUT2D eigenvalue weighted by Gasteiger charge is -2.30. The summed E-state index contributed by atoms with van der Waals surface area (Å²) in [6.07, 6.45) is 0. The molecule has 4 nitrogen and oxygen atoms in total. The van der Waals surface area contributed by atoms with E-state index >= 15 is 0 Å². The van der Waals surface area contributed by atoms with Crippen LogP contribution in [-0.4, -0.2) is 37.5 Å². The van der Waals surface area contributed by atoms with Crippen molar-refractivity contribution < 1.29 is 4.74 Å². The molecule has 1 fully saturated rings. The van der Waals surface area contributed by atoms with Gasteiger partial charge in [0.15, 0.2) is 5.11 Å². The number of morpholine rings is 1. The number of hydrogen-bond donors (Lipinski definition) is 2. The molecule has 0 atom stereocenters. The zero-order chi connectivity index (χ0) is 13.7. The van der Waals surface area contributed by atoms with Crippen LogP contribution in [0.25, 0.3) is 0 Å². The lowest BCUT2D eigenvalue weighted by molar-refractivity contribution is 0.123.